The van der Waals surface area contributed by atoms with Crippen LogP contribution in [0.25, 0.3) is 11.1 Å². The second-order valence-corrected chi connectivity index (χ2v) is 16.2. The van der Waals surface area contributed by atoms with Crippen LogP contribution in [-0.2, 0) is 27.4 Å². The Balaban J connectivity index is 1.13. The maximum absolute atomic E-state index is 13.8. The first kappa shape index (κ1) is 37.9. The van der Waals surface area contributed by atoms with E-state index in [1.165, 1.54) is 19.3 Å². The molecular formula is C45H54N4O5. The molecule has 9 heteroatoms. The molecule has 6 atom stereocenters. The van der Waals surface area contributed by atoms with Crippen LogP contribution in [0.1, 0.15) is 111 Å². The summed E-state index contributed by atoms with van der Waals surface area (Å²) in [5.74, 6) is 0.549. The minimum absolute atomic E-state index is 0.0119. The lowest BCUT2D eigenvalue weighted by atomic mass is 9.75. The Morgan fingerprint density at radius 1 is 0.870 bits per heavy atom. The fourth-order valence-electron chi connectivity index (χ4n) is 8.55. The number of pyridine rings is 1. The number of nitrogens with zero attached hydrogens (tertiary/aromatic N) is 2. The van der Waals surface area contributed by atoms with E-state index in [2.05, 4.69) is 50.8 Å². The first-order valence-electron chi connectivity index (χ1n) is 19.6. The van der Waals surface area contributed by atoms with E-state index in [9.17, 15) is 14.7 Å². The van der Waals surface area contributed by atoms with Gasteiger partial charge in [-0.25, -0.2) is 0 Å². The van der Waals surface area contributed by atoms with Crippen molar-refractivity contribution in [2.24, 2.45) is 5.92 Å². The molecule has 1 aromatic heterocycles. The number of aromatic nitrogens is 1. The molecule has 0 bridgehead atoms. The fraction of sp³-hybridized carbons (Fsp3) is 0.444. The van der Waals surface area contributed by atoms with Crippen molar-refractivity contribution in [2.75, 3.05) is 6.54 Å². The zero-order chi connectivity index (χ0) is 37.7. The molecule has 0 spiro atoms. The average Bonchev–Trinajstić information content (AvgIpc) is 3.20. The number of amides is 2. The van der Waals surface area contributed by atoms with Gasteiger partial charge in [0, 0.05) is 49.0 Å². The molecule has 2 aliphatic heterocycles. The van der Waals surface area contributed by atoms with Crippen LogP contribution < -0.4 is 10.6 Å². The van der Waals surface area contributed by atoms with Gasteiger partial charge in [-0.3, -0.25) is 19.5 Å². The number of hydrogen-bond donors (Lipinski definition) is 3. The van der Waals surface area contributed by atoms with Crippen molar-refractivity contribution in [3.8, 4) is 11.1 Å². The highest BCUT2D eigenvalue weighted by Crippen LogP contribution is 2.42. The Hall–Kier alpha value is -4.41. The molecule has 1 aliphatic carbocycles. The van der Waals surface area contributed by atoms with Gasteiger partial charge in [0.1, 0.15) is 0 Å². The van der Waals surface area contributed by atoms with Gasteiger partial charge >= 0.3 is 0 Å². The van der Waals surface area contributed by atoms with Gasteiger partial charge in [0.05, 0.1) is 30.4 Å². The summed E-state index contributed by atoms with van der Waals surface area (Å²) in [6.07, 6.45) is 9.61. The van der Waals surface area contributed by atoms with Crippen molar-refractivity contribution in [3.05, 3.63) is 125 Å². The number of ether oxygens (including phenoxy) is 2. The zero-order valence-electron chi connectivity index (χ0n) is 31.7. The van der Waals surface area contributed by atoms with Crippen molar-refractivity contribution in [3.63, 3.8) is 0 Å². The highest BCUT2D eigenvalue weighted by Gasteiger charge is 2.44. The number of aliphatic hydroxyl groups is 1. The molecule has 3 fully saturated rings. The van der Waals surface area contributed by atoms with Gasteiger partial charge in [0.2, 0.25) is 5.91 Å². The predicted molar refractivity (Wildman–Crippen MR) is 209 cm³/mol. The molecule has 3 aliphatic rings. The third-order valence-electron chi connectivity index (χ3n) is 11.2. The maximum atomic E-state index is 13.8. The quantitative estimate of drug-likeness (QED) is 0.154. The summed E-state index contributed by atoms with van der Waals surface area (Å²) in [5.41, 5.74) is 6.10. The van der Waals surface area contributed by atoms with Gasteiger partial charge < -0.3 is 25.2 Å². The SMILES string of the molecule is CC(C)(C)NC(=O)[C@H]1CC[C@H]2CCCC[C@H]2N1C[C@H]1C[C@@H](c2ccc(CO)cc2)O[C@@H](c2ccc(-c3ccccc3CNC(=O)c3cccnc3)cc2)O1. The molecule has 2 saturated heterocycles. The number of rotatable bonds is 10. The van der Waals surface area contributed by atoms with Crippen LogP contribution in [-0.4, -0.2) is 57.1 Å². The predicted octanol–water partition coefficient (Wildman–Crippen LogP) is 7.65. The first-order chi connectivity index (χ1) is 26.1. The van der Waals surface area contributed by atoms with Crippen molar-refractivity contribution in [2.45, 2.75) is 115 Å². The lowest BCUT2D eigenvalue weighted by Crippen LogP contribution is -2.61. The molecule has 0 unspecified atom stereocenters. The molecular weight excluding hydrogens is 677 g/mol. The number of carbonyl (C=O) groups excluding carboxylic acids is 2. The van der Waals surface area contributed by atoms with Crippen LogP contribution in [0.15, 0.2) is 97.3 Å². The van der Waals surface area contributed by atoms with Crippen molar-refractivity contribution >= 4 is 11.8 Å². The summed E-state index contributed by atoms with van der Waals surface area (Å²) in [6, 6.07) is 28.1. The van der Waals surface area contributed by atoms with E-state index in [1.54, 1.807) is 24.5 Å². The molecule has 7 rings (SSSR count). The summed E-state index contributed by atoms with van der Waals surface area (Å²) in [4.78, 5) is 33.1. The lowest BCUT2D eigenvalue weighted by Gasteiger charge is -2.50. The zero-order valence-corrected chi connectivity index (χ0v) is 31.7. The molecule has 3 aromatic carbocycles. The molecule has 3 N–H and O–H groups in total. The number of carbonyl (C=O) groups is 2. The Bertz CT molecular complexity index is 1860. The molecule has 284 valence electrons. The van der Waals surface area contributed by atoms with Gasteiger partial charge in [-0.15, -0.1) is 0 Å². The van der Waals surface area contributed by atoms with Gasteiger partial charge in [0.15, 0.2) is 6.29 Å². The van der Waals surface area contributed by atoms with Crippen LogP contribution in [0.4, 0.5) is 0 Å². The Morgan fingerprint density at radius 3 is 2.37 bits per heavy atom. The average molecular weight is 731 g/mol. The largest absolute Gasteiger partial charge is 0.392 e. The lowest BCUT2D eigenvalue weighted by molar-refractivity contribution is -0.255. The van der Waals surface area contributed by atoms with Gasteiger partial charge in [-0.05, 0) is 92.3 Å². The van der Waals surface area contributed by atoms with Crippen LogP contribution in [0.5, 0.6) is 0 Å². The Labute approximate surface area is 319 Å². The van der Waals surface area contributed by atoms with E-state index < -0.39 is 6.29 Å². The van der Waals surface area contributed by atoms with Crippen LogP contribution in [0.2, 0.25) is 0 Å². The van der Waals surface area contributed by atoms with E-state index in [-0.39, 0.29) is 42.2 Å². The third kappa shape index (κ3) is 9.09. The topological polar surface area (TPSA) is 113 Å². The van der Waals surface area contributed by atoms with Crippen molar-refractivity contribution in [1.29, 1.82) is 0 Å². The second-order valence-electron chi connectivity index (χ2n) is 16.2. The van der Waals surface area contributed by atoms with Crippen LogP contribution in [0, 0.1) is 5.92 Å². The standard InChI is InChI=1S/C45H54N4O5/c1-45(2,3)48-43(52)40-23-22-32-9-5-7-13-39(32)49(40)28-37-25-41(33-16-14-30(29-50)15-17-33)54-44(53-37)34-20-18-31(19-21-34)38-12-6-4-10-35(38)27-47-42(51)36-11-8-24-46-26-36/h4,6,8,10-12,14-21,24,26,32,37,39-41,44,50H,5,7,9,13,22-23,25,27-29H2,1-3H3,(H,47,51)(H,48,52)/t32-,37-,39-,40-,41+,44+/m1/s1. The first-order valence-corrected chi connectivity index (χ1v) is 19.6. The normalized spacial score (nSPS) is 24.7. The van der Waals surface area contributed by atoms with Gasteiger partial charge in [-0.1, -0.05) is 85.6 Å². The van der Waals surface area contributed by atoms with Crippen LogP contribution >= 0.6 is 0 Å². The molecule has 0 radical (unpaired) electrons. The number of nitrogens with one attached hydrogen (secondary N) is 2. The maximum Gasteiger partial charge on any atom is 0.253 e. The van der Waals surface area contributed by atoms with E-state index in [0.29, 0.717) is 37.0 Å². The summed E-state index contributed by atoms with van der Waals surface area (Å²) in [5, 5.41) is 16.0. The van der Waals surface area contributed by atoms with E-state index >= 15 is 0 Å². The van der Waals surface area contributed by atoms with Crippen molar-refractivity contribution in [1.82, 2.24) is 20.5 Å². The number of hydrogen-bond acceptors (Lipinski definition) is 7. The number of aliphatic hydroxyl groups excluding tert-OH is 1. The highest BCUT2D eigenvalue weighted by atomic mass is 16.7. The van der Waals surface area contributed by atoms with Crippen molar-refractivity contribution < 1.29 is 24.2 Å². The Morgan fingerprint density at radius 2 is 1.63 bits per heavy atom. The number of fused-ring (bicyclic) bond motifs is 1. The van der Waals surface area contributed by atoms with Gasteiger partial charge in [-0.2, -0.15) is 0 Å². The van der Waals surface area contributed by atoms with Crippen LogP contribution in [0.3, 0.4) is 0 Å². The monoisotopic (exact) mass is 730 g/mol. The molecule has 1 saturated carbocycles. The molecule has 3 heterocycles. The smallest absolute Gasteiger partial charge is 0.253 e. The number of benzene rings is 3. The van der Waals surface area contributed by atoms with E-state index in [4.69, 9.17) is 9.47 Å². The summed E-state index contributed by atoms with van der Waals surface area (Å²) in [6.45, 7) is 7.17. The van der Waals surface area contributed by atoms with E-state index in [0.717, 1.165) is 52.6 Å². The third-order valence-corrected chi connectivity index (χ3v) is 11.2. The highest BCUT2D eigenvalue weighted by molar-refractivity contribution is 5.93. The Kier molecular flexibility index (Phi) is 11.9. The van der Waals surface area contributed by atoms with E-state index in [1.807, 2.05) is 63.2 Å². The van der Waals surface area contributed by atoms with Gasteiger partial charge in [0.25, 0.3) is 5.91 Å². The minimum atomic E-state index is -0.608. The summed E-state index contributed by atoms with van der Waals surface area (Å²) < 4.78 is 13.6. The molecule has 9 nitrogen and oxygen atoms in total. The number of likely N-dealkylation sites (tertiary alicyclic amines) is 1. The minimum Gasteiger partial charge on any atom is -0.392 e. The molecule has 4 aromatic rings. The molecule has 2 amide bonds. The summed E-state index contributed by atoms with van der Waals surface area (Å²) >= 11 is 0. The summed E-state index contributed by atoms with van der Waals surface area (Å²) in [7, 11) is 0. The number of piperidine rings is 1. The second kappa shape index (κ2) is 16.9. The molecule has 54 heavy (non-hydrogen) atoms. The fourth-order valence-corrected chi connectivity index (χ4v) is 8.55.